The van der Waals surface area contributed by atoms with Gasteiger partial charge in [0.2, 0.25) is 5.91 Å². The predicted molar refractivity (Wildman–Crippen MR) is 89.8 cm³/mol. The van der Waals surface area contributed by atoms with Crippen LogP contribution in [-0.2, 0) is 17.8 Å². The van der Waals surface area contributed by atoms with Gasteiger partial charge in [0.25, 0.3) is 0 Å². The lowest BCUT2D eigenvalue weighted by Crippen LogP contribution is -2.23. The first-order chi connectivity index (χ1) is 11.2. The van der Waals surface area contributed by atoms with Crippen molar-refractivity contribution in [2.24, 2.45) is 0 Å². The van der Waals surface area contributed by atoms with Crippen LogP contribution in [0.1, 0.15) is 17.8 Å². The van der Waals surface area contributed by atoms with Crippen molar-refractivity contribution in [3.8, 4) is 10.7 Å². The minimum atomic E-state index is -0.0365. The Morgan fingerprint density at radius 2 is 2.04 bits per heavy atom. The Morgan fingerprint density at radius 3 is 2.78 bits per heavy atom. The maximum absolute atomic E-state index is 11.9. The van der Waals surface area contributed by atoms with Crippen LogP contribution >= 0.6 is 22.7 Å². The molecule has 9 heteroatoms. The quantitative estimate of drug-likeness (QED) is 0.706. The number of carbonyl (C=O) groups is 1. The zero-order chi connectivity index (χ0) is 16.1. The number of aromatic nitrogens is 4. The number of carbonyl (C=O) groups excluding carboxylic acids is 1. The van der Waals surface area contributed by atoms with Crippen molar-refractivity contribution < 1.29 is 4.79 Å². The molecule has 0 aliphatic rings. The first-order valence-electron chi connectivity index (χ1n) is 6.88. The van der Waals surface area contributed by atoms with Crippen molar-refractivity contribution in [1.29, 1.82) is 0 Å². The first-order valence-corrected chi connectivity index (χ1v) is 8.64. The molecule has 1 amide bonds. The zero-order valence-electron chi connectivity index (χ0n) is 12.1. The monoisotopic (exact) mass is 346 g/mol. The van der Waals surface area contributed by atoms with Crippen molar-refractivity contribution in [2.75, 3.05) is 5.73 Å². The molecule has 0 radical (unpaired) electrons. The summed E-state index contributed by atoms with van der Waals surface area (Å²) in [4.78, 5) is 28.7. The fraction of sp³-hybridized carbons (Fsp3) is 0.214. The predicted octanol–water partition coefficient (Wildman–Crippen LogP) is 1.89. The SMILES string of the molecule is Nc1nc(CCC(=O)NCc2csc(-c3cnccn3)n2)cs1. The van der Waals surface area contributed by atoms with Crippen LogP contribution in [0.2, 0.25) is 0 Å². The van der Waals surface area contributed by atoms with Crippen LogP contribution in [0, 0.1) is 0 Å². The highest BCUT2D eigenvalue weighted by atomic mass is 32.1. The van der Waals surface area contributed by atoms with Crippen molar-refractivity contribution in [1.82, 2.24) is 25.3 Å². The number of nitrogens with one attached hydrogen (secondary N) is 1. The number of amides is 1. The summed E-state index contributed by atoms with van der Waals surface area (Å²) >= 11 is 2.86. The van der Waals surface area contributed by atoms with Gasteiger partial charge in [-0.25, -0.2) is 9.97 Å². The second kappa shape index (κ2) is 7.25. The maximum atomic E-state index is 11.9. The van der Waals surface area contributed by atoms with Gasteiger partial charge < -0.3 is 11.1 Å². The number of nitrogens with two attached hydrogens (primary N) is 1. The van der Waals surface area contributed by atoms with Crippen molar-refractivity contribution >= 4 is 33.7 Å². The molecule has 3 aromatic rings. The second-order valence-electron chi connectivity index (χ2n) is 4.69. The van der Waals surface area contributed by atoms with Gasteiger partial charge in [0.15, 0.2) is 5.13 Å². The van der Waals surface area contributed by atoms with Gasteiger partial charge in [-0.1, -0.05) is 0 Å². The summed E-state index contributed by atoms with van der Waals surface area (Å²) in [5.41, 5.74) is 7.95. The van der Waals surface area contributed by atoms with E-state index < -0.39 is 0 Å². The number of hydrogen-bond donors (Lipinski definition) is 2. The van der Waals surface area contributed by atoms with Gasteiger partial charge in [-0.15, -0.1) is 22.7 Å². The molecule has 3 heterocycles. The molecule has 0 atom stereocenters. The lowest BCUT2D eigenvalue weighted by Gasteiger charge is -2.02. The molecule has 7 nitrogen and oxygen atoms in total. The fourth-order valence-corrected chi connectivity index (χ4v) is 3.25. The summed E-state index contributed by atoms with van der Waals surface area (Å²) in [6, 6.07) is 0. The van der Waals surface area contributed by atoms with Crippen molar-refractivity contribution in [3.05, 3.63) is 40.7 Å². The number of aryl methyl sites for hydroxylation is 1. The maximum Gasteiger partial charge on any atom is 0.220 e. The van der Waals surface area contributed by atoms with E-state index in [1.807, 2.05) is 10.8 Å². The molecule has 3 N–H and O–H groups in total. The summed E-state index contributed by atoms with van der Waals surface area (Å²) in [5, 5.41) is 7.95. The van der Waals surface area contributed by atoms with E-state index in [1.165, 1.54) is 22.7 Å². The minimum Gasteiger partial charge on any atom is -0.375 e. The summed E-state index contributed by atoms with van der Waals surface area (Å²) < 4.78 is 0. The number of nitrogens with zero attached hydrogens (tertiary/aromatic N) is 4. The van der Waals surface area contributed by atoms with Gasteiger partial charge in [0, 0.05) is 29.6 Å². The third kappa shape index (κ3) is 4.30. The average Bonchev–Trinajstić information content (AvgIpc) is 3.21. The molecule has 0 spiro atoms. The lowest BCUT2D eigenvalue weighted by molar-refractivity contribution is -0.121. The highest BCUT2D eigenvalue weighted by molar-refractivity contribution is 7.13. The molecule has 0 saturated carbocycles. The van der Waals surface area contributed by atoms with Crippen LogP contribution in [0.25, 0.3) is 10.7 Å². The van der Waals surface area contributed by atoms with Crippen molar-refractivity contribution in [2.45, 2.75) is 19.4 Å². The fourth-order valence-electron chi connectivity index (χ4n) is 1.87. The van der Waals surface area contributed by atoms with E-state index in [9.17, 15) is 4.79 Å². The van der Waals surface area contributed by atoms with E-state index >= 15 is 0 Å². The van der Waals surface area contributed by atoms with Gasteiger partial charge in [0.05, 0.1) is 24.1 Å². The molecule has 23 heavy (non-hydrogen) atoms. The smallest absolute Gasteiger partial charge is 0.220 e. The van der Waals surface area contributed by atoms with Crippen LogP contribution in [-0.4, -0.2) is 25.8 Å². The van der Waals surface area contributed by atoms with Crippen LogP contribution < -0.4 is 11.1 Å². The highest BCUT2D eigenvalue weighted by Gasteiger charge is 2.08. The van der Waals surface area contributed by atoms with Crippen LogP contribution in [0.4, 0.5) is 5.13 Å². The van der Waals surface area contributed by atoms with E-state index in [0.29, 0.717) is 24.5 Å². The molecule has 118 valence electrons. The molecular formula is C14H14N6OS2. The van der Waals surface area contributed by atoms with Crippen LogP contribution in [0.15, 0.2) is 29.4 Å². The van der Waals surface area contributed by atoms with Crippen LogP contribution in [0.5, 0.6) is 0 Å². The number of hydrogen-bond acceptors (Lipinski definition) is 8. The molecular weight excluding hydrogens is 332 g/mol. The molecule has 0 fully saturated rings. The third-order valence-electron chi connectivity index (χ3n) is 2.98. The Bertz CT molecular complexity index is 785. The molecule has 3 rings (SSSR count). The Kier molecular flexibility index (Phi) is 4.89. The van der Waals surface area contributed by atoms with Gasteiger partial charge in [-0.05, 0) is 6.42 Å². The summed E-state index contributed by atoms with van der Waals surface area (Å²) in [5.74, 6) is -0.0365. The highest BCUT2D eigenvalue weighted by Crippen LogP contribution is 2.20. The molecule has 0 aliphatic carbocycles. The Hall–Kier alpha value is -2.39. The van der Waals surface area contributed by atoms with Gasteiger partial charge in [-0.2, -0.15) is 0 Å². The topological polar surface area (TPSA) is 107 Å². The summed E-state index contributed by atoms with van der Waals surface area (Å²) in [6.45, 7) is 0.398. The lowest BCUT2D eigenvalue weighted by atomic mass is 10.2. The largest absolute Gasteiger partial charge is 0.375 e. The van der Waals surface area contributed by atoms with E-state index in [2.05, 4.69) is 25.3 Å². The van der Waals surface area contributed by atoms with Crippen molar-refractivity contribution in [3.63, 3.8) is 0 Å². The van der Waals surface area contributed by atoms with E-state index in [0.717, 1.165) is 22.1 Å². The summed E-state index contributed by atoms with van der Waals surface area (Å²) in [7, 11) is 0. The molecule has 0 aromatic carbocycles. The summed E-state index contributed by atoms with van der Waals surface area (Å²) in [6.07, 6.45) is 5.88. The second-order valence-corrected chi connectivity index (χ2v) is 6.44. The van der Waals surface area contributed by atoms with Gasteiger partial charge >= 0.3 is 0 Å². The third-order valence-corrected chi connectivity index (χ3v) is 4.61. The number of rotatable bonds is 6. The van der Waals surface area contributed by atoms with Gasteiger partial charge in [-0.3, -0.25) is 14.8 Å². The Labute approximate surface area is 140 Å². The average molecular weight is 346 g/mol. The van der Waals surface area contributed by atoms with Crippen LogP contribution in [0.3, 0.4) is 0 Å². The zero-order valence-corrected chi connectivity index (χ0v) is 13.7. The van der Waals surface area contributed by atoms with E-state index in [1.54, 1.807) is 18.6 Å². The number of thiazole rings is 2. The molecule has 0 unspecified atom stereocenters. The van der Waals surface area contributed by atoms with E-state index in [-0.39, 0.29) is 5.91 Å². The van der Waals surface area contributed by atoms with Gasteiger partial charge in [0.1, 0.15) is 10.7 Å². The van der Waals surface area contributed by atoms with E-state index in [4.69, 9.17) is 5.73 Å². The normalized spacial score (nSPS) is 10.6. The minimum absolute atomic E-state index is 0.0365. The molecule has 0 saturated heterocycles. The molecule has 3 aromatic heterocycles. The Balaban J connectivity index is 1.48. The Morgan fingerprint density at radius 1 is 1.17 bits per heavy atom. The first kappa shape index (κ1) is 15.5. The number of anilines is 1. The standard InChI is InChI=1S/C14H14N6OS2/c15-14-20-9(7-23-14)1-2-12(21)18-5-10-8-22-13(19-10)11-6-16-3-4-17-11/h3-4,6-8H,1-2,5H2,(H2,15,20)(H,18,21). The molecule has 0 bridgehead atoms. The number of nitrogen functional groups attached to an aromatic ring is 1. The molecule has 0 aliphatic heterocycles.